The van der Waals surface area contributed by atoms with Crippen LogP contribution in [0.5, 0.6) is 0 Å². The minimum atomic E-state index is -0.598. The fraction of sp³-hybridized carbons (Fsp3) is 0.308. The van der Waals surface area contributed by atoms with E-state index in [1.54, 1.807) is 6.20 Å². The van der Waals surface area contributed by atoms with Crippen molar-refractivity contribution >= 4 is 0 Å². The first-order chi connectivity index (χ1) is 7.74. The molecule has 1 heterocycles. The Morgan fingerprint density at radius 3 is 2.56 bits per heavy atom. The van der Waals surface area contributed by atoms with E-state index in [0.29, 0.717) is 0 Å². The van der Waals surface area contributed by atoms with E-state index in [-0.39, 0.29) is 0 Å². The highest BCUT2D eigenvalue weighted by molar-refractivity contribution is 5.25. The second kappa shape index (κ2) is 4.49. The fourth-order valence-corrected chi connectivity index (χ4v) is 1.85. The van der Waals surface area contributed by atoms with Crippen molar-refractivity contribution in [2.24, 2.45) is 7.05 Å². The summed E-state index contributed by atoms with van der Waals surface area (Å²) in [5, 5.41) is 10.2. The lowest BCUT2D eigenvalue weighted by atomic mass is 10.1. The molecule has 1 N–H and O–H groups in total. The Morgan fingerprint density at radius 2 is 2.00 bits per heavy atom. The molecular formula is C13H16N2O. The van der Waals surface area contributed by atoms with Gasteiger partial charge < -0.3 is 9.67 Å². The maximum absolute atomic E-state index is 10.2. The first-order valence-corrected chi connectivity index (χ1v) is 5.47. The second-order valence-electron chi connectivity index (χ2n) is 3.83. The van der Waals surface area contributed by atoms with E-state index in [4.69, 9.17) is 0 Å². The molecule has 1 atom stereocenters. The van der Waals surface area contributed by atoms with Gasteiger partial charge in [-0.2, -0.15) is 0 Å². The third-order valence-corrected chi connectivity index (χ3v) is 2.83. The van der Waals surface area contributed by atoms with Crippen LogP contribution < -0.4 is 0 Å². The van der Waals surface area contributed by atoms with Gasteiger partial charge in [0.2, 0.25) is 0 Å². The Balaban J connectivity index is 2.34. The highest BCUT2D eigenvalue weighted by atomic mass is 16.3. The standard InChI is InChI=1S/C13H16N2O/c1-3-12-14-9-11(15(12)2)13(16)10-7-5-4-6-8-10/h4-9,13,16H,3H2,1-2H3/t13-/m1/s1. The Hall–Kier alpha value is -1.61. The summed E-state index contributed by atoms with van der Waals surface area (Å²) >= 11 is 0. The van der Waals surface area contributed by atoms with Crippen LogP contribution in [-0.4, -0.2) is 14.7 Å². The molecule has 0 unspecified atom stereocenters. The fourth-order valence-electron chi connectivity index (χ4n) is 1.85. The van der Waals surface area contributed by atoms with Gasteiger partial charge in [-0.15, -0.1) is 0 Å². The lowest BCUT2D eigenvalue weighted by Crippen LogP contribution is -2.07. The van der Waals surface area contributed by atoms with E-state index in [1.165, 1.54) is 0 Å². The van der Waals surface area contributed by atoms with Gasteiger partial charge in [-0.05, 0) is 5.56 Å². The first-order valence-electron chi connectivity index (χ1n) is 5.47. The van der Waals surface area contributed by atoms with Crippen LogP contribution in [0.1, 0.15) is 30.1 Å². The largest absolute Gasteiger partial charge is 0.382 e. The van der Waals surface area contributed by atoms with Crippen LogP contribution in [0.3, 0.4) is 0 Å². The van der Waals surface area contributed by atoms with Crippen molar-refractivity contribution in [1.82, 2.24) is 9.55 Å². The molecule has 1 aromatic heterocycles. The molecule has 0 spiro atoms. The lowest BCUT2D eigenvalue weighted by Gasteiger charge is -2.12. The van der Waals surface area contributed by atoms with Crippen LogP contribution in [0, 0.1) is 0 Å². The second-order valence-corrected chi connectivity index (χ2v) is 3.83. The number of aromatic nitrogens is 2. The molecule has 0 radical (unpaired) electrons. The third kappa shape index (κ3) is 1.86. The van der Waals surface area contributed by atoms with Crippen LogP contribution in [-0.2, 0) is 13.5 Å². The monoisotopic (exact) mass is 216 g/mol. The molecule has 16 heavy (non-hydrogen) atoms. The van der Waals surface area contributed by atoms with Crippen LogP contribution in [0.2, 0.25) is 0 Å². The number of aliphatic hydroxyl groups is 1. The summed E-state index contributed by atoms with van der Waals surface area (Å²) in [5.74, 6) is 0.991. The van der Waals surface area contributed by atoms with Crippen LogP contribution in [0.15, 0.2) is 36.5 Å². The molecule has 0 aliphatic heterocycles. The topological polar surface area (TPSA) is 38.1 Å². The van der Waals surface area contributed by atoms with Crippen molar-refractivity contribution in [3.63, 3.8) is 0 Å². The zero-order chi connectivity index (χ0) is 11.5. The van der Waals surface area contributed by atoms with Crippen molar-refractivity contribution in [2.75, 3.05) is 0 Å². The van der Waals surface area contributed by atoms with Crippen molar-refractivity contribution in [3.8, 4) is 0 Å². The summed E-state index contributed by atoms with van der Waals surface area (Å²) in [6.45, 7) is 2.06. The maximum Gasteiger partial charge on any atom is 0.121 e. The van der Waals surface area contributed by atoms with Gasteiger partial charge in [0.15, 0.2) is 0 Å². The van der Waals surface area contributed by atoms with Gasteiger partial charge in [-0.1, -0.05) is 37.3 Å². The molecule has 0 aliphatic carbocycles. The number of benzene rings is 1. The molecule has 0 saturated heterocycles. The van der Waals surface area contributed by atoms with Gasteiger partial charge in [-0.3, -0.25) is 0 Å². The lowest BCUT2D eigenvalue weighted by molar-refractivity contribution is 0.211. The van der Waals surface area contributed by atoms with Gasteiger partial charge in [0.25, 0.3) is 0 Å². The SMILES string of the molecule is CCc1ncc([C@H](O)c2ccccc2)n1C. The molecule has 0 amide bonds. The molecule has 3 heteroatoms. The molecule has 0 bridgehead atoms. The van der Waals surface area contributed by atoms with Gasteiger partial charge in [0.1, 0.15) is 11.9 Å². The smallest absolute Gasteiger partial charge is 0.121 e. The maximum atomic E-state index is 10.2. The summed E-state index contributed by atoms with van der Waals surface area (Å²) in [4.78, 5) is 4.28. The van der Waals surface area contributed by atoms with E-state index < -0.39 is 6.10 Å². The molecule has 1 aromatic carbocycles. The van der Waals surface area contributed by atoms with Gasteiger partial charge in [0, 0.05) is 13.5 Å². The normalized spacial score (nSPS) is 12.7. The summed E-state index contributed by atoms with van der Waals surface area (Å²) in [7, 11) is 1.94. The predicted molar refractivity (Wildman–Crippen MR) is 63.1 cm³/mol. The van der Waals surface area contributed by atoms with Crippen molar-refractivity contribution in [3.05, 3.63) is 53.6 Å². The van der Waals surface area contributed by atoms with E-state index >= 15 is 0 Å². The number of imidazole rings is 1. The third-order valence-electron chi connectivity index (χ3n) is 2.83. The summed E-state index contributed by atoms with van der Waals surface area (Å²) in [5.41, 5.74) is 1.73. The quantitative estimate of drug-likeness (QED) is 0.852. The minimum absolute atomic E-state index is 0.598. The molecular weight excluding hydrogens is 200 g/mol. The Morgan fingerprint density at radius 1 is 1.31 bits per heavy atom. The van der Waals surface area contributed by atoms with Gasteiger partial charge in [0.05, 0.1) is 11.9 Å². The molecule has 2 aromatic rings. The summed E-state index contributed by atoms with van der Waals surface area (Å²) < 4.78 is 1.96. The number of rotatable bonds is 3. The average Bonchev–Trinajstić information content (AvgIpc) is 2.70. The zero-order valence-electron chi connectivity index (χ0n) is 9.59. The Kier molecular flexibility index (Phi) is 3.06. The molecule has 2 rings (SSSR count). The molecule has 0 saturated carbocycles. The number of aliphatic hydroxyl groups excluding tert-OH is 1. The number of aryl methyl sites for hydroxylation is 1. The predicted octanol–water partition coefficient (Wildman–Crippen LogP) is 2.06. The van der Waals surface area contributed by atoms with Crippen molar-refractivity contribution < 1.29 is 5.11 Å². The number of hydrogen-bond donors (Lipinski definition) is 1. The van der Waals surface area contributed by atoms with E-state index in [1.807, 2.05) is 41.9 Å². The zero-order valence-corrected chi connectivity index (χ0v) is 9.59. The van der Waals surface area contributed by atoms with E-state index in [2.05, 4.69) is 11.9 Å². The minimum Gasteiger partial charge on any atom is -0.382 e. The van der Waals surface area contributed by atoms with E-state index in [9.17, 15) is 5.11 Å². The summed E-state index contributed by atoms with van der Waals surface area (Å²) in [6.07, 6.45) is 2.02. The van der Waals surface area contributed by atoms with Crippen LogP contribution >= 0.6 is 0 Å². The van der Waals surface area contributed by atoms with Crippen LogP contribution in [0.25, 0.3) is 0 Å². The molecule has 3 nitrogen and oxygen atoms in total. The number of hydrogen-bond acceptors (Lipinski definition) is 2. The van der Waals surface area contributed by atoms with Crippen molar-refractivity contribution in [1.29, 1.82) is 0 Å². The average molecular weight is 216 g/mol. The highest BCUT2D eigenvalue weighted by Crippen LogP contribution is 2.21. The van der Waals surface area contributed by atoms with Crippen molar-refractivity contribution in [2.45, 2.75) is 19.4 Å². The van der Waals surface area contributed by atoms with Crippen LogP contribution in [0.4, 0.5) is 0 Å². The Bertz CT molecular complexity index is 462. The Labute approximate surface area is 95.4 Å². The molecule has 84 valence electrons. The van der Waals surface area contributed by atoms with Gasteiger partial charge in [-0.25, -0.2) is 4.98 Å². The summed E-state index contributed by atoms with van der Waals surface area (Å²) in [6, 6.07) is 9.63. The molecule has 0 fully saturated rings. The highest BCUT2D eigenvalue weighted by Gasteiger charge is 2.15. The first kappa shape index (κ1) is 10.9. The molecule has 0 aliphatic rings. The van der Waals surface area contributed by atoms with E-state index in [0.717, 1.165) is 23.5 Å². The number of nitrogens with zero attached hydrogens (tertiary/aromatic N) is 2. The van der Waals surface area contributed by atoms with Gasteiger partial charge >= 0.3 is 0 Å².